The maximum absolute atomic E-state index is 3.97. The summed E-state index contributed by atoms with van der Waals surface area (Å²) in [5.41, 5.74) is 1.45. The van der Waals surface area contributed by atoms with Gasteiger partial charge in [0.1, 0.15) is 0 Å². The molecule has 2 aromatic heterocycles. The van der Waals surface area contributed by atoms with Crippen molar-refractivity contribution in [1.29, 1.82) is 0 Å². The molecular formula is C14H21N3S. The number of hydrogen-bond donors (Lipinski definition) is 2. The van der Waals surface area contributed by atoms with Crippen LogP contribution >= 0.6 is 11.3 Å². The van der Waals surface area contributed by atoms with Crippen LogP contribution in [0.1, 0.15) is 49.1 Å². The summed E-state index contributed by atoms with van der Waals surface area (Å²) in [6.07, 6.45) is 3.80. The summed E-state index contributed by atoms with van der Waals surface area (Å²) in [6, 6.07) is 4.79. The Morgan fingerprint density at radius 2 is 2.17 bits per heavy atom. The van der Waals surface area contributed by atoms with Crippen LogP contribution < -0.4 is 5.32 Å². The van der Waals surface area contributed by atoms with Crippen LogP contribution in [0.5, 0.6) is 0 Å². The first kappa shape index (κ1) is 13.3. The summed E-state index contributed by atoms with van der Waals surface area (Å²) in [4.78, 5) is 2.82. The fourth-order valence-corrected chi connectivity index (χ4v) is 2.76. The molecule has 98 valence electrons. The number of nitrogens with one attached hydrogen (secondary N) is 2. The zero-order valence-electron chi connectivity index (χ0n) is 11.4. The Bertz CT molecular complexity index is 479. The summed E-state index contributed by atoms with van der Waals surface area (Å²) in [7, 11) is 0. The van der Waals surface area contributed by atoms with Gasteiger partial charge >= 0.3 is 0 Å². The summed E-state index contributed by atoms with van der Waals surface area (Å²) >= 11 is 1.89. The Labute approximate surface area is 113 Å². The number of nitrogens with zero attached hydrogens (tertiary/aromatic N) is 1. The molecule has 0 aliphatic rings. The lowest BCUT2D eigenvalue weighted by atomic mass is 9.95. The summed E-state index contributed by atoms with van der Waals surface area (Å²) in [6.45, 7) is 9.83. The van der Waals surface area contributed by atoms with E-state index in [1.165, 1.54) is 15.3 Å². The molecule has 0 spiro atoms. The first-order chi connectivity index (χ1) is 8.47. The standard InChI is InChI=1S/C14H21N3S/c1-10(11-7-16-17-8-11)15-9-12-5-6-13(18-12)14(2,3)4/h5-8,10,15H,9H2,1-4H3,(H,16,17). The van der Waals surface area contributed by atoms with Gasteiger partial charge in [-0.25, -0.2) is 0 Å². The smallest absolute Gasteiger partial charge is 0.0534 e. The molecule has 2 aromatic rings. The summed E-state index contributed by atoms with van der Waals surface area (Å²) < 4.78 is 0. The van der Waals surface area contributed by atoms with E-state index in [-0.39, 0.29) is 5.41 Å². The van der Waals surface area contributed by atoms with E-state index < -0.39 is 0 Å². The van der Waals surface area contributed by atoms with Gasteiger partial charge in [0.25, 0.3) is 0 Å². The van der Waals surface area contributed by atoms with Crippen molar-refractivity contribution in [3.05, 3.63) is 39.8 Å². The van der Waals surface area contributed by atoms with Crippen LogP contribution in [0.15, 0.2) is 24.5 Å². The highest BCUT2D eigenvalue weighted by molar-refractivity contribution is 7.12. The van der Waals surface area contributed by atoms with Crippen LogP contribution in [0.2, 0.25) is 0 Å². The van der Waals surface area contributed by atoms with Gasteiger partial charge in [-0.05, 0) is 24.5 Å². The Morgan fingerprint density at radius 1 is 1.39 bits per heavy atom. The van der Waals surface area contributed by atoms with E-state index in [1.807, 2.05) is 23.7 Å². The molecule has 1 unspecified atom stereocenters. The molecule has 18 heavy (non-hydrogen) atoms. The Morgan fingerprint density at radius 3 is 2.72 bits per heavy atom. The molecule has 2 rings (SSSR count). The zero-order valence-corrected chi connectivity index (χ0v) is 12.3. The second-order valence-corrected chi connectivity index (χ2v) is 6.82. The molecule has 0 bridgehead atoms. The van der Waals surface area contributed by atoms with Gasteiger partial charge in [-0.2, -0.15) is 5.10 Å². The predicted octanol–water partition coefficient (Wildman–Crippen LogP) is 3.62. The minimum Gasteiger partial charge on any atom is -0.305 e. The number of rotatable bonds is 4. The van der Waals surface area contributed by atoms with Crippen LogP contribution in [0.4, 0.5) is 0 Å². The van der Waals surface area contributed by atoms with Crippen molar-refractivity contribution in [3.63, 3.8) is 0 Å². The third kappa shape index (κ3) is 3.21. The highest BCUT2D eigenvalue weighted by Gasteiger charge is 2.16. The van der Waals surface area contributed by atoms with Gasteiger partial charge in [-0.15, -0.1) is 11.3 Å². The minimum absolute atomic E-state index is 0.249. The molecule has 0 radical (unpaired) electrons. The van der Waals surface area contributed by atoms with Crippen LogP contribution in [0, 0.1) is 0 Å². The fourth-order valence-electron chi connectivity index (χ4n) is 1.75. The van der Waals surface area contributed by atoms with Crippen LogP contribution in [0.3, 0.4) is 0 Å². The van der Waals surface area contributed by atoms with Gasteiger partial charge in [0.15, 0.2) is 0 Å². The van der Waals surface area contributed by atoms with Crippen molar-refractivity contribution >= 4 is 11.3 Å². The van der Waals surface area contributed by atoms with Crippen molar-refractivity contribution in [2.24, 2.45) is 0 Å². The first-order valence-electron chi connectivity index (χ1n) is 6.28. The second-order valence-electron chi connectivity index (χ2n) is 5.65. The van der Waals surface area contributed by atoms with Gasteiger partial charge < -0.3 is 5.32 Å². The van der Waals surface area contributed by atoms with Crippen molar-refractivity contribution < 1.29 is 0 Å². The van der Waals surface area contributed by atoms with Crippen LogP contribution in [0.25, 0.3) is 0 Å². The van der Waals surface area contributed by atoms with E-state index in [1.54, 1.807) is 0 Å². The molecule has 3 nitrogen and oxygen atoms in total. The van der Waals surface area contributed by atoms with E-state index in [9.17, 15) is 0 Å². The first-order valence-corrected chi connectivity index (χ1v) is 7.10. The van der Waals surface area contributed by atoms with E-state index in [2.05, 4.69) is 55.3 Å². The molecule has 0 saturated carbocycles. The van der Waals surface area contributed by atoms with Crippen LogP contribution in [-0.4, -0.2) is 10.2 Å². The van der Waals surface area contributed by atoms with Gasteiger partial charge in [0, 0.05) is 34.1 Å². The van der Waals surface area contributed by atoms with Gasteiger partial charge in [0.2, 0.25) is 0 Å². The van der Waals surface area contributed by atoms with E-state index >= 15 is 0 Å². The summed E-state index contributed by atoms with van der Waals surface area (Å²) in [5, 5.41) is 10.3. The molecule has 0 amide bonds. The molecule has 0 saturated heterocycles. The largest absolute Gasteiger partial charge is 0.305 e. The Hall–Kier alpha value is -1.13. The predicted molar refractivity (Wildman–Crippen MR) is 76.9 cm³/mol. The average molecular weight is 263 g/mol. The Balaban J connectivity index is 1.93. The molecule has 2 N–H and O–H groups in total. The lowest BCUT2D eigenvalue weighted by Gasteiger charge is -2.15. The highest BCUT2D eigenvalue weighted by Crippen LogP contribution is 2.29. The molecule has 0 fully saturated rings. The normalized spacial score (nSPS) is 13.8. The lowest BCUT2D eigenvalue weighted by Crippen LogP contribution is -2.16. The number of aromatic amines is 1. The zero-order chi connectivity index (χ0) is 13.2. The maximum atomic E-state index is 3.97. The monoisotopic (exact) mass is 263 g/mol. The van der Waals surface area contributed by atoms with Crippen LogP contribution in [-0.2, 0) is 12.0 Å². The van der Waals surface area contributed by atoms with Gasteiger partial charge in [-0.1, -0.05) is 20.8 Å². The number of H-pyrrole nitrogens is 1. The SMILES string of the molecule is CC(NCc1ccc(C(C)(C)C)s1)c1cn[nH]c1. The number of aromatic nitrogens is 2. The quantitative estimate of drug-likeness (QED) is 0.884. The topological polar surface area (TPSA) is 40.7 Å². The average Bonchev–Trinajstić information content (AvgIpc) is 2.96. The van der Waals surface area contributed by atoms with Crippen molar-refractivity contribution in [2.75, 3.05) is 0 Å². The molecule has 1 atom stereocenters. The number of thiophene rings is 1. The number of hydrogen-bond acceptors (Lipinski definition) is 3. The van der Waals surface area contributed by atoms with E-state index in [0.29, 0.717) is 6.04 Å². The van der Waals surface area contributed by atoms with Gasteiger partial charge in [0.05, 0.1) is 6.20 Å². The third-order valence-corrected chi connectivity index (χ3v) is 4.51. The van der Waals surface area contributed by atoms with E-state index in [0.717, 1.165) is 6.54 Å². The molecule has 0 aliphatic carbocycles. The third-order valence-electron chi connectivity index (χ3n) is 3.00. The van der Waals surface area contributed by atoms with Crippen molar-refractivity contribution in [2.45, 2.75) is 45.7 Å². The minimum atomic E-state index is 0.249. The summed E-state index contributed by atoms with van der Waals surface area (Å²) in [5.74, 6) is 0. The molecule has 0 aliphatic heterocycles. The fraction of sp³-hybridized carbons (Fsp3) is 0.500. The Kier molecular flexibility index (Phi) is 3.88. The molecule has 4 heteroatoms. The molecule has 2 heterocycles. The molecule has 0 aromatic carbocycles. The molecular weight excluding hydrogens is 242 g/mol. The second kappa shape index (κ2) is 5.24. The lowest BCUT2D eigenvalue weighted by molar-refractivity contribution is 0.579. The van der Waals surface area contributed by atoms with Crippen molar-refractivity contribution in [3.8, 4) is 0 Å². The van der Waals surface area contributed by atoms with E-state index in [4.69, 9.17) is 0 Å². The highest BCUT2D eigenvalue weighted by atomic mass is 32.1. The van der Waals surface area contributed by atoms with Crippen molar-refractivity contribution in [1.82, 2.24) is 15.5 Å². The van der Waals surface area contributed by atoms with Gasteiger partial charge in [-0.3, -0.25) is 5.10 Å². The maximum Gasteiger partial charge on any atom is 0.0534 e.